The van der Waals surface area contributed by atoms with E-state index in [2.05, 4.69) is 29.7 Å². The molecule has 1 aliphatic heterocycles. The number of ether oxygens (including phenoxy) is 3. The third-order valence-electron chi connectivity index (χ3n) is 4.84. The van der Waals surface area contributed by atoms with Crippen molar-refractivity contribution >= 4 is 22.4 Å². The van der Waals surface area contributed by atoms with Crippen LogP contribution in [0.3, 0.4) is 0 Å². The smallest absolute Gasteiger partial charge is 0.497 e. The number of methoxy groups -OCH3 is 1. The molecule has 5 rings (SSSR count). The lowest BCUT2D eigenvalue weighted by molar-refractivity contribution is -0.391. The monoisotopic (exact) mass is 458 g/mol. The van der Waals surface area contributed by atoms with Crippen LogP contribution in [0.4, 0.5) is 29.1 Å². The third kappa shape index (κ3) is 3.71. The summed E-state index contributed by atoms with van der Waals surface area (Å²) in [6.45, 7) is 0. The number of halogens is 4. The molecule has 3 heterocycles. The molecule has 7 nitrogen and oxygen atoms in total. The Labute approximate surface area is 184 Å². The number of nitrogens with one attached hydrogen (secondary N) is 1. The Kier molecular flexibility index (Phi) is 4.69. The van der Waals surface area contributed by atoms with Crippen molar-refractivity contribution in [1.82, 2.24) is 15.0 Å². The average Bonchev–Trinajstić information content (AvgIpc) is 2.80. The van der Waals surface area contributed by atoms with Crippen molar-refractivity contribution in [3.05, 3.63) is 60.9 Å². The van der Waals surface area contributed by atoms with Gasteiger partial charge in [0, 0.05) is 35.1 Å². The maximum atomic E-state index is 13.6. The van der Waals surface area contributed by atoms with Gasteiger partial charge in [-0.2, -0.15) is 17.6 Å². The molecule has 0 bridgehead atoms. The van der Waals surface area contributed by atoms with Crippen molar-refractivity contribution < 1.29 is 31.8 Å². The Hall–Kier alpha value is -4.15. The minimum atomic E-state index is -4.82. The molecule has 0 spiro atoms. The fourth-order valence-corrected chi connectivity index (χ4v) is 3.24. The maximum Gasteiger partial charge on any atom is 0.507 e. The van der Waals surface area contributed by atoms with Gasteiger partial charge in [-0.1, -0.05) is 0 Å². The highest BCUT2D eigenvalue weighted by molar-refractivity contribution is 5.93. The van der Waals surface area contributed by atoms with E-state index in [4.69, 9.17) is 4.74 Å². The SMILES string of the molecule is COc1ccc2nc(-c3cccnc3)nc(Nc3ccc4c(c3)OC(F)(F)C(F)(F)O4)c2c1. The van der Waals surface area contributed by atoms with E-state index in [1.807, 2.05) is 0 Å². The molecule has 2 aromatic heterocycles. The van der Waals surface area contributed by atoms with Gasteiger partial charge in [0.2, 0.25) is 0 Å². The summed E-state index contributed by atoms with van der Waals surface area (Å²) < 4.78 is 67.6. The minimum Gasteiger partial charge on any atom is -0.497 e. The number of pyridine rings is 1. The van der Waals surface area contributed by atoms with E-state index < -0.39 is 23.7 Å². The van der Waals surface area contributed by atoms with Crippen LogP contribution in [0.5, 0.6) is 17.2 Å². The number of hydrogen-bond donors (Lipinski definition) is 1. The number of aromatic nitrogens is 3. The van der Waals surface area contributed by atoms with Crippen molar-refractivity contribution in [2.24, 2.45) is 0 Å². The van der Waals surface area contributed by atoms with E-state index >= 15 is 0 Å². The number of alkyl halides is 4. The van der Waals surface area contributed by atoms with E-state index in [-0.39, 0.29) is 5.69 Å². The van der Waals surface area contributed by atoms with Gasteiger partial charge in [-0.3, -0.25) is 4.98 Å². The van der Waals surface area contributed by atoms with Gasteiger partial charge in [0.25, 0.3) is 0 Å². The van der Waals surface area contributed by atoms with Gasteiger partial charge in [-0.05, 0) is 42.5 Å². The molecule has 1 N–H and O–H groups in total. The first-order valence-corrected chi connectivity index (χ1v) is 9.57. The van der Waals surface area contributed by atoms with Crippen molar-refractivity contribution in [3.8, 4) is 28.6 Å². The van der Waals surface area contributed by atoms with Gasteiger partial charge < -0.3 is 19.5 Å². The first-order valence-electron chi connectivity index (χ1n) is 9.57. The summed E-state index contributed by atoms with van der Waals surface area (Å²) in [6, 6.07) is 12.3. The number of fused-ring (bicyclic) bond motifs is 2. The number of anilines is 2. The van der Waals surface area contributed by atoms with E-state index in [0.717, 1.165) is 12.1 Å². The molecule has 0 fully saturated rings. The van der Waals surface area contributed by atoms with E-state index in [1.165, 1.54) is 13.2 Å². The van der Waals surface area contributed by atoms with Crippen LogP contribution in [0.1, 0.15) is 0 Å². The van der Waals surface area contributed by atoms with Crippen molar-refractivity contribution in [2.45, 2.75) is 12.2 Å². The van der Waals surface area contributed by atoms with Gasteiger partial charge >= 0.3 is 12.2 Å². The molecule has 4 aromatic rings. The van der Waals surface area contributed by atoms with Gasteiger partial charge in [0.1, 0.15) is 11.6 Å². The van der Waals surface area contributed by atoms with Gasteiger partial charge in [0.05, 0.1) is 12.6 Å². The minimum absolute atomic E-state index is 0.248. The molecular formula is C22H14F4N4O3. The lowest BCUT2D eigenvalue weighted by Gasteiger charge is -2.32. The Morgan fingerprint density at radius 1 is 0.909 bits per heavy atom. The van der Waals surface area contributed by atoms with E-state index in [9.17, 15) is 17.6 Å². The molecule has 2 aromatic carbocycles. The van der Waals surface area contributed by atoms with Crippen molar-refractivity contribution in [3.63, 3.8) is 0 Å². The molecule has 0 saturated heterocycles. The first kappa shape index (κ1) is 20.7. The second-order valence-corrected chi connectivity index (χ2v) is 7.04. The molecule has 1 aliphatic rings. The summed E-state index contributed by atoms with van der Waals surface area (Å²) in [4.78, 5) is 13.2. The number of hydrogen-bond acceptors (Lipinski definition) is 7. The van der Waals surface area contributed by atoms with Crippen LogP contribution in [0.15, 0.2) is 60.9 Å². The van der Waals surface area contributed by atoms with E-state index in [1.54, 1.807) is 42.7 Å². The number of rotatable bonds is 4. The fourth-order valence-electron chi connectivity index (χ4n) is 3.24. The lowest BCUT2D eigenvalue weighted by atomic mass is 10.2. The van der Waals surface area contributed by atoms with Gasteiger partial charge in [0.15, 0.2) is 17.3 Å². The van der Waals surface area contributed by atoms with Gasteiger partial charge in [-0.25, -0.2) is 9.97 Å². The number of benzene rings is 2. The molecule has 0 radical (unpaired) electrons. The highest BCUT2D eigenvalue weighted by Crippen LogP contribution is 2.47. The third-order valence-corrected chi connectivity index (χ3v) is 4.84. The highest BCUT2D eigenvalue weighted by atomic mass is 19.3. The van der Waals surface area contributed by atoms with E-state index in [0.29, 0.717) is 33.9 Å². The molecular weight excluding hydrogens is 444 g/mol. The molecule has 0 atom stereocenters. The summed E-state index contributed by atoms with van der Waals surface area (Å²) >= 11 is 0. The Morgan fingerprint density at radius 3 is 2.42 bits per heavy atom. The number of nitrogens with zero attached hydrogens (tertiary/aromatic N) is 3. The normalized spacial score (nSPS) is 15.8. The summed E-state index contributed by atoms with van der Waals surface area (Å²) in [5.74, 6) is 0.187. The Bertz CT molecular complexity index is 1350. The zero-order valence-electron chi connectivity index (χ0n) is 16.9. The standard InChI is InChI=1S/C22H14F4N4O3/c1-31-14-5-6-16-15(10-14)20(30-19(29-16)12-3-2-8-27-11-12)28-13-4-7-17-18(9-13)33-22(25,26)21(23,24)32-17/h2-11H,1H3,(H,28,29,30). The van der Waals surface area contributed by atoms with Crippen LogP contribution in [0.2, 0.25) is 0 Å². The quantitative estimate of drug-likeness (QED) is 0.410. The van der Waals surface area contributed by atoms with Crippen LogP contribution >= 0.6 is 0 Å². The average molecular weight is 458 g/mol. The largest absolute Gasteiger partial charge is 0.507 e. The second-order valence-electron chi connectivity index (χ2n) is 7.04. The van der Waals surface area contributed by atoms with Crippen LogP contribution < -0.4 is 19.5 Å². The molecule has 0 amide bonds. The van der Waals surface area contributed by atoms with Crippen LogP contribution in [-0.2, 0) is 0 Å². The van der Waals surface area contributed by atoms with Gasteiger partial charge in [-0.15, -0.1) is 0 Å². The zero-order chi connectivity index (χ0) is 23.2. The predicted molar refractivity (Wildman–Crippen MR) is 110 cm³/mol. The van der Waals surface area contributed by atoms with Crippen molar-refractivity contribution in [1.29, 1.82) is 0 Å². The molecule has 11 heteroatoms. The Balaban J connectivity index is 1.59. The summed E-state index contributed by atoms with van der Waals surface area (Å²) in [6.07, 6.45) is -6.39. The van der Waals surface area contributed by atoms with Crippen LogP contribution in [-0.4, -0.2) is 34.3 Å². The highest BCUT2D eigenvalue weighted by Gasteiger charge is 2.65. The summed E-state index contributed by atoms with van der Waals surface area (Å²) in [5, 5.41) is 3.59. The summed E-state index contributed by atoms with van der Waals surface area (Å²) in [5.41, 5.74) is 1.48. The molecule has 0 unspecified atom stereocenters. The fraction of sp³-hybridized carbons (Fsp3) is 0.136. The molecule has 168 valence electrons. The maximum absolute atomic E-state index is 13.6. The topological polar surface area (TPSA) is 78.4 Å². The van der Waals surface area contributed by atoms with Crippen molar-refractivity contribution in [2.75, 3.05) is 12.4 Å². The van der Waals surface area contributed by atoms with Crippen LogP contribution in [0.25, 0.3) is 22.3 Å². The Morgan fingerprint density at radius 2 is 1.70 bits per heavy atom. The lowest BCUT2D eigenvalue weighted by Crippen LogP contribution is -2.52. The molecule has 33 heavy (non-hydrogen) atoms. The first-order chi connectivity index (χ1) is 15.8. The summed E-state index contributed by atoms with van der Waals surface area (Å²) in [7, 11) is 1.51. The molecule has 0 saturated carbocycles. The predicted octanol–water partition coefficient (Wildman–Crippen LogP) is 5.40. The molecule has 0 aliphatic carbocycles. The second kappa shape index (κ2) is 7.47. The van der Waals surface area contributed by atoms with Crippen LogP contribution in [0, 0.1) is 0 Å². The zero-order valence-corrected chi connectivity index (χ0v) is 16.9.